The molecule has 2 aromatic carbocycles. The first kappa shape index (κ1) is 20.9. The molecule has 1 aliphatic rings. The molecule has 7 heteroatoms. The minimum atomic E-state index is 0.631. The molecule has 0 saturated carbocycles. The molecule has 0 spiro atoms. The Morgan fingerprint density at radius 3 is 2.50 bits per heavy atom. The highest BCUT2D eigenvalue weighted by atomic mass is 79.9. The molecule has 0 radical (unpaired) electrons. The molecule has 1 N–H and O–H groups in total. The maximum atomic E-state index is 5.51. The summed E-state index contributed by atoms with van der Waals surface area (Å²) in [4.78, 5) is 12.1. The second-order valence-corrected chi connectivity index (χ2v) is 8.53. The summed E-state index contributed by atoms with van der Waals surface area (Å²) in [7, 11) is 5.49. The molecule has 0 aliphatic carbocycles. The highest BCUT2D eigenvalue weighted by molar-refractivity contribution is 9.10. The summed E-state index contributed by atoms with van der Waals surface area (Å²) in [6, 6.07) is 12.5. The molecule has 3 aromatic rings. The van der Waals surface area contributed by atoms with Crippen molar-refractivity contribution in [1.29, 1.82) is 0 Å². The van der Waals surface area contributed by atoms with Gasteiger partial charge < -0.3 is 19.7 Å². The van der Waals surface area contributed by atoms with Crippen LogP contribution in [0.5, 0.6) is 11.5 Å². The highest BCUT2D eigenvalue weighted by Gasteiger charge is 2.20. The van der Waals surface area contributed by atoms with Crippen molar-refractivity contribution in [2.45, 2.75) is 25.3 Å². The number of nitrogens with zero attached hydrogens (tertiary/aromatic N) is 3. The Bertz CT molecular complexity index is 1030. The Balaban J connectivity index is 1.71. The van der Waals surface area contributed by atoms with Gasteiger partial charge >= 0.3 is 0 Å². The molecule has 1 atom stereocenters. The third-order valence-electron chi connectivity index (χ3n) is 5.74. The predicted molar refractivity (Wildman–Crippen MR) is 125 cm³/mol. The van der Waals surface area contributed by atoms with Crippen molar-refractivity contribution >= 4 is 32.7 Å². The first-order valence-corrected chi connectivity index (χ1v) is 11.0. The summed E-state index contributed by atoms with van der Waals surface area (Å²) in [5.74, 6) is 2.83. The lowest BCUT2D eigenvalue weighted by atomic mass is 10.1. The fraction of sp³-hybridized carbons (Fsp3) is 0.391. The van der Waals surface area contributed by atoms with Gasteiger partial charge in [0.15, 0.2) is 17.3 Å². The molecule has 2 heterocycles. The number of hydrogen-bond acceptors (Lipinski definition) is 6. The normalized spacial score (nSPS) is 16.7. The Morgan fingerprint density at radius 2 is 1.83 bits per heavy atom. The van der Waals surface area contributed by atoms with E-state index < -0.39 is 0 Å². The molecule has 0 bridgehead atoms. The van der Waals surface area contributed by atoms with Crippen molar-refractivity contribution in [3.8, 4) is 22.9 Å². The van der Waals surface area contributed by atoms with E-state index in [2.05, 4.69) is 33.2 Å². The fourth-order valence-corrected chi connectivity index (χ4v) is 4.28. The van der Waals surface area contributed by atoms with Crippen LogP contribution in [-0.2, 0) is 0 Å². The highest BCUT2D eigenvalue weighted by Crippen LogP contribution is 2.35. The molecule has 1 aromatic heterocycles. The maximum Gasteiger partial charge on any atom is 0.162 e. The Kier molecular flexibility index (Phi) is 6.39. The summed E-state index contributed by atoms with van der Waals surface area (Å²) in [5.41, 5.74) is 1.79. The van der Waals surface area contributed by atoms with Crippen LogP contribution >= 0.6 is 15.9 Å². The van der Waals surface area contributed by atoms with Crippen LogP contribution in [0.1, 0.15) is 19.3 Å². The van der Waals surface area contributed by atoms with Crippen LogP contribution in [0.4, 0.5) is 5.82 Å². The van der Waals surface area contributed by atoms with Gasteiger partial charge in [-0.2, -0.15) is 0 Å². The predicted octanol–water partition coefficient (Wildman–Crippen LogP) is 4.97. The first-order valence-electron chi connectivity index (χ1n) is 10.2. The number of benzene rings is 2. The molecular formula is C23H27BrN4O2. The largest absolute Gasteiger partial charge is 0.493 e. The van der Waals surface area contributed by atoms with E-state index in [0.717, 1.165) is 39.7 Å². The first-order chi connectivity index (χ1) is 14.6. The van der Waals surface area contributed by atoms with Crippen LogP contribution in [0.2, 0.25) is 0 Å². The van der Waals surface area contributed by atoms with Crippen molar-refractivity contribution in [2.75, 3.05) is 39.7 Å². The minimum absolute atomic E-state index is 0.631. The number of rotatable bonds is 7. The van der Waals surface area contributed by atoms with Gasteiger partial charge in [-0.1, -0.05) is 28.1 Å². The zero-order valence-corrected chi connectivity index (χ0v) is 19.2. The van der Waals surface area contributed by atoms with Gasteiger partial charge in [-0.05, 0) is 51.1 Å². The summed E-state index contributed by atoms with van der Waals surface area (Å²) in [5, 5.41) is 4.49. The average Bonchev–Trinajstić information content (AvgIpc) is 3.17. The smallest absolute Gasteiger partial charge is 0.162 e. The van der Waals surface area contributed by atoms with Gasteiger partial charge in [0.1, 0.15) is 5.82 Å². The van der Waals surface area contributed by atoms with Crippen molar-refractivity contribution in [3.63, 3.8) is 0 Å². The molecule has 1 saturated heterocycles. The van der Waals surface area contributed by atoms with Crippen LogP contribution in [-0.4, -0.2) is 55.3 Å². The second-order valence-electron chi connectivity index (χ2n) is 7.62. The molecule has 158 valence electrons. The van der Waals surface area contributed by atoms with Gasteiger partial charge in [0.25, 0.3) is 0 Å². The third kappa shape index (κ3) is 4.37. The van der Waals surface area contributed by atoms with Crippen LogP contribution in [0.3, 0.4) is 0 Å². The van der Waals surface area contributed by atoms with Gasteiger partial charge in [-0.25, -0.2) is 9.97 Å². The van der Waals surface area contributed by atoms with E-state index in [1.165, 1.54) is 19.4 Å². The van der Waals surface area contributed by atoms with Gasteiger partial charge in [-0.15, -0.1) is 0 Å². The Morgan fingerprint density at radius 1 is 1.10 bits per heavy atom. The van der Waals surface area contributed by atoms with E-state index in [1.807, 2.05) is 36.4 Å². The molecule has 1 aliphatic heterocycles. The van der Waals surface area contributed by atoms with Crippen LogP contribution in [0.25, 0.3) is 22.3 Å². The number of halogens is 1. The van der Waals surface area contributed by atoms with Crippen LogP contribution in [0.15, 0.2) is 40.9 Å². The van der Waals surface area contributed by atoms with E-state index >= 15 is 0 Å². The quantitative estimate of drug-likeness (QED) is 0.525. The van der Waals surface area contributed by atoms with E-state index in [-0.39, 0.29) is 0 Å². The molecular weight excluding hydrogens is 444 g/mol. The molecule has 6 nitrogen and oxygen atoms in total. The summed E-state index contributed by atoms with van der Waals surface area (Å²) in [6.45, 7) is 2.04. The van der Waals surface area contributed by atoms with E-state index in [0.29, 0.717) is 23.4 Å². The van der Waals surface area contributed by atoms with E-state index in [4.69, 9.17) is 19.4 Å². The van der Waals surface area contributed by atoms with Crippen LogP contribution < -0.4 is 14.8 Å². The van der Waals surface area contributed by atoms with Crippen molar-refractivity contribution in [2.24, 2.45) is 0 Å². The zero-order valence-electron chi connectivity index (χ0n) is 17.6. The number of ether oxygens (including phenoxy) is 2. The lowest BCUT2D eigenvalue weighted by Crippen LogP contribution is -2.27. The number of methoxy groups -OCH3 is 2. The summed E-state index contributed by atoms with van der Waals surface area (Å²) in [6.07, 6.45) is 3.63. The van der Waals surface area contributed by atoms with Gasteiger partial charge in [-0.3, -0.25) is 0 Å². The average molecular weight is 471 g/mol. The SMILES string of the molecule is COc1cc2nc(-c3ccc(Br)cc3)nc(NCCC3CCCN3C)c2cc1OC. The second kappa shape index (κ2) is 9.18. The standard InChI is InChI=1S/C23H27BrN4O2/c1-28-12-4-5-17(28)10-11-25-23-18-13-20(29-2)21(30-3)14-19(18)26-22(27-23)15-6-8-16(24)9-7-15/h6-9,13-14,17H,4-5,10-12H2,1-3H3,(H,25,26,27). The molecule has 0 amide bonds. The monoisotopic (exact) mass is 470 g/mol. The maximum absolute atomic E-state index is 5.51. The number of aromatic nitrogens is 2. The lowest BCUT2D eigenvalue weighted by molar-refractivity contribution is 0.301. The summed E-state index contributed by atoms with van der Waals surface area (Å²) >= 11 is 3.49. The van der Waals surface area contributed by atoms with Gasteiger partial charge in [0.05, 0.1) is 19.7 Å². The number of fused-ring (bicyclic) bond motifs is 1. The van der Waals surface area contributed by atoms with Gasteiger partial charge in [0, 0.05) is 34.1 Å². The van der Waals surface area contributed by atoms with Crippen molar-refractivity contribution in [3.05, 3.63) is 40.9 Å². The molecule has 30 heavy (non-hydrogen) atoms. The number of likely N-dealkylation sites (tertiary alicyclic amines) is 1. The third-order valence-corrected chi connectivity index (χ3v) is 6.27. The number of anilines is 1. The van der Waals surface area contributed by atoms with Gasteiger partial charge in [0.2, 0.25) is 0 Å². The molecule has 1 unspecified atom stereocenters. The summed E-state index contributed by atoms with van der Waals surface area (Å²) < 4.78 is 12.0. The van der Waals surface area contributed by atoms with Crippen molar-refractivity contribution in [1.82, 2.24) is 14.9 Å². The van der Waals surface area contributed by atoms with E-state index in [9.17, 15) is 0 Å². The van der Waals surface area contributed by atoms with E-state index in [1.54, 1.807) is 14.2 Å². The minimum Gasteiger partial charge on any atom is -0.493 e. The number of hydrogen-bond donors (Lipinski definition) is 1. The topological polar surface area (TPSA) is 59.5 Å². The lowest BCUT2D eigenvalue weighted by Gasteiger charge is -2.20. The van der Waals surface area contributed by atoms with Crippen molar-refractivity contribution < 1.29 is 9.47 Å². The number of nitrogens with one attached hydrogen (secondary N) is 1. The molecule has 1 fully saturated rings. The Labute approximate surface area is 185 Å². The van der Waals surface area contributed by atoms with Crippen LogP contribution in [0, 0.1) is 0 Å². The Hall–Kier alpha value is -2.38. The fourth-order valence-electron chi connectivity index (χ4n) is 4.02. The zero-order chi connectivity index (χ0) is 21.1. The molecule has 4 rings (SSSR count).